The molecule has 0 aliphatic heterocycles. The molecule has 0 aromatic heterocycles. The fraction of sp³-hybridized carbons (Fsp3) is 0.500. The Hall–Kier alpha value is -1.09. The normalized spacial score (nSPS) is 9.23. The number of carbonyl (C=O) groups excluding carboxylic acids is 1. The van der Waals surface area contributed by atoms with Gasteiger partial charge in [0.1, 0.15) is 0 Å². The molecule has 0 saturated heterocycles. The van der Waals surface area contributed by atoms with Crippen molar-refractivity contribution in [3.63, 3.8) is 0 Å². The molecule has 0 fully saturated rings. The molecule has 0 aromatic carbocycles. The Morgan fingerprint density at radius 1 is 1.23 bits per heavy atom. The predicted octanol–water partition coefficient (Wildman–Crippen LogP) is 0.844. The molecule has 0 rings (SSSR count). The van der Waals surface area contributed by atoms with Crippen LogP contribution < -0.4 is 10.6 Å². The molecule has 13 heavy (non-hydrogen) atoms. The van der Waals surface area contributed by atoms with Crippen LogP contribution in [0.3, 0.4) is 0 Å². The number of hydrogen-bond donors (Lipinski definition) is 2. The first-order valence-corrected chi connectivity index (χ1v) is 4.50. The molecule has 0 saturated carbocycles. The summed E-state index contributed by atoms with van der Waals surface area (Å²) in [7, 11) is 0. The van der Waals surface area contributed by atoms with E-state index in [0.717, 1.165) is 19.5 Å². The van der Waals surface area contributed by atoms with Crippen molar-refractivity contribution in [2.24, 2.45) is 0 Å². The molecule has 0 aromatic rings. The van der Waals surface area contributed by atoms with Crippen LogP contribution in [0, 0.1) is 0 Å². The van der Waals surface area contributed by atoms with E-state index in [2.05, 4.69) is 23.8 Å². The van der Waals surface area contributed by atoms with Crippen LogP contribution in [-0.2, 0) is 4.79 Å². The second-order valence-corrected chi connectivity index (χ2v) is 2.69. The van der Waals surface area contributed by atoms with Crippen LogP contribution in [0.25, 0.3) is 0 Å². The van der Waals surface area contributed by atoms with Crippen molar-refractivity contribution in [3.05, 3.63) is 25.3 Å². The molecule has 0 spiro atoms. The van der Waals surface area contributed by atoms with E-state index >= 15 is 0 Å². The van der Waals surface area contributed by atoms with E-state index in [1.54, 1.807) is 12.2 Å². The molecule has 1 amide bonds. The fourth-order valence-corrected chi connectivity index (χ4v) is 0.852. The van der Waals surface area contributed by atoms with E-state index in [4.69, 9.17) is 0 Å². The summed E-state index contributed by atoms with van der Waals surface area (Å²) < 4.78 is 0. The summed E-state index contributed by atoms with van der Waals surface area (Å²) in [6.45, 7) is 9.31. The largest absolute Gasteiger partial charge is 0.353 e. The lowest BCUT2D eigenvalue weighted by molar-refractivity contribution is -0.120. The molecule has 3 heteroatoms. The van der Waals surface area contributed by atoms with Crippen molar-refractivity contribution in [2.45, 2.75) is 12.8 Å². The van der Waals surface area contributed by atoms with Gasteiger partial charge in [0.15, 0.2) is 0 Å². The molecule has 0 atom stereocenters. The summed E-state index contributed by atoms with van der Waals surface area (Å²) in [5.41, 5.74) is 0. The monoisotopic (exact) mass is 182 g/mol. The van der Waals surface area contributed by atoms with Gasteiger partial charge in [-0.15, -0.1) is 13.2 Å². The minimum Gasteiger partial charge on any atom is -0.353 e. The Kier molecular flexibility index (Phi) is 8.25. The first-order chi connectivity index (χ1) is 6.31. The van der Waals surface area contributed by atoms with Crippen LogP contribution in [0.5, 0.6) is 0 Å². The number of amides is 1. The van der Waals surface area contributed by atoms with E-state index in [0.29, 0.717) is 13.0 Å². The van der Waals surface area contributed by atoms with E-state index in [-0.39, 0.29) is 5.91 Å². The molecule has 0 heterocycles. The first kappa shape index (κ1) is 11.9. The van der Waals surface area contributed by atoms with E-state index in [1.165, 1.54) is 0 Å². The zero-order valence-corrected chi connectivity index (χ0v) is 8.01. The zero-order chi connectivity index (χ0) is 9.94. The van der Waals surface area contributed by atoms with Crippen LogP contribution in [-0.4, -0.2) is 25.5 Å². The lowest BCUT2D eigenvalue weighted by atomic mass is 10.3. The van der Waals surface area contributed by atoms with Gasteiger partial charge >= 0.3 is 0 Å². The van der Waals surface area contributed by atoms with Gasteiger partial charge in [-0.25, -0.2) is 0 Å². The molecule has 2 N–H and O–H groups in total. The van der Waals surface area contributed by atoms with Crippen LogP contribution >= 0.6 is 0 Å². The highest BCUT2D eigenvalue weighted by molar-refractivity contribution is 5.75. The number of rotatable bonds is 8. The lowest BCUT2D eigenvalue weighted by Gasteiger charge is -2.02. The quantitative estimate of drug-likeness (QED) is 0.431. The maximum Gasteiger partial charge on any atom is 0.220 e. The van der Waals surface area contributed by atoms with E-state index in [9.17, 15) is 4.79 Å². The molecule has 0 bridgehead atoms. The Morgan fingerprint density at radius 2 is 1.92 bits per heavy atom. The van der Waals surface area contributed by atoms with Crippen LogP contribution in [0.1, 0.15) is 12.8 Å². The maximum atomic E-state index is 11.0. The molecule has 0 aliphatic rings. The van der Waals surface area contributed by atoms with Crippen molar-refractivity contribution >= 4 is 5.91 Å². The summed E-state index contributed by atoms with van der Waals surface area (Å²) >= 11 is 0. The Balaban J connectivity index is 3.16. The minimum absolute atomic E-state index is 0.0836. The molecule has 0 radical (unpaired) electrons. The summed E-state index contributed by atoms with van der Waals surface area (Å²) in [5.74, 6) is 0.0836. The van der Waals surface area contributed by atoms with E-state index < -0.39 is 0 Å². The Morgan fingerprint density at radius 3 is 2.54 bits per heavy atom. The maximum absolute atomic E-state index is 11.0. The van der Waals surface area contributed by atoms with Gasteiger partial charge < -0.3 is 10.6 Å². The zero-order valence-electron chi connectivity index (χ0n) is 8.01. The van der Waals surface area contributed by atoms with Gasteiger partial charge in [0.2, 0.25) is 5.91 Å². The van der Waals surface area contributed by atoms with Gasteiger partial charge in [-0.2, -0.15) is 0 Å². The van der Waals surface area contributed by atoms with Crippen LogP contribution in [0.4, 0.5) is 0 Å². The average Bonchev–Trinajstić information content (AvgIpc) is 2.14. The van der Waals surface area contributed by atoms with Gasteiger partial charge in [-0.3, -0.25) is 4.79 Å². The van der Waals surface area contributed by atoms with Crippen LogP contribution in [0.2, 0.25) is 0 Å². The third kappa shape index (κ3) is 8.82. The topological polar surface area (TPSA) is 41.1 Å². The van der Waals surface area contributed by atoms with Gasteiger partial charge in [0, 0.05) is 19.5 Å². The molecule has 0 aliphatic carbocycles. The summed E-state index contributed by atoms with van der Waals surface area (Å²) in [6.07, 6.45) is 4.90. The van der Waals surface area contributed by atoms with Crippen molar-refractivity contribution < 1.29 is 4.79 Å². The highest BCUT2D eigenvalue weighted by atomic mass is 16.1. The minimum atomic E-state index is 0.0836. The Labute approximate surface area is 79.9 Å². The second kappa shape index (κ2) is 9.00. The SMILES string of the molecule is C=CCNCCCC(=O)NCC=C. The average molecular weight is 182 g/mol. The summed E-state index contributed by atoms with van der Waals surface area (Å²) in [4.78, 5) is 11.0. The number of nitrogens with one attached hydrogen (secondary N) is 2. The second-order valence-electron chi connectivity index (χ2n) is 2.69. The predicted molar refractivity (Wildman–Crippen MR) is 55.5 cm³/mol. The van der Waals surface area contributed by atoms with E-state index in [1.807, 2.05) is 0 Å². The first-order valence-electron chi connectivity index (χ1n) is 4.50. The number of hydrogen-bond acceptors (Lipinski definition) is 2. The van der Waals surface area contributed by atoms with Gasteiger partial charge in [-0.05, 0) is 13.0 Å². The van der Waals surface area contributed by atoms with Crippen molar-refractivity contribution in [1.29, 1.82) is 0 Å². The molecular weight excluding hydrogens is 164 g/mol. The summed E-state index contributed by atoms with van der Waals surface area (Å²) in [5, 5.41) is 5.85. The van der Waals surface area contributed by atoms with Gasteiger partial charge in [0.25, 0.3) is 0 Å². The highest BCUT2D eigenvalue weighted by Gasteiger charge is 1.97. The van der Waals surface area contributed by atoms with Crippen molar-refractivity contribution in [3.8, 4) is 0 Å². The van der Waals surface area contributed by atoms with Crippen molar-refractivity contribution in [1.82, 2.24) is 10.6 Å². The molecule has 0 unspecified atom stereocenters. The Bertz CT molecular complexity index is 166. The smallest absolute Gasteiger partial charge is 0.220 e. The van der Waals surface area contributed by atoms with Gasteiger partial charge in [0.05, 0.1) is 0 Å². The molecule has 3 nitrogen and oxygen atoms in total. The third-order valence-corrected chi connectivity index (χ3v) is 1.49. The third-order valence-electron chi connectivity index (χ3n) is 1.49. The summed E-state index contributed by atoms with van der Waals surface area (Å²) in [6, 6.07) is 0. The molecular formula is C10H18N2O. The van der Waals surface area contributed by atoms with Gasteiger partial charge in [-0.1, -0.05) is 12.2 Å². The fourth-order valence-electron chi connectivity index (χ4n) is 0.852. The highest BCUT2D eigenvalue weighted by Crippen LogP contribution is 1.86. The van der Waals surface area contributed by atoms with Crippen LogP contribution in [0.15, 0.2) is 25.3 Å². The lowest BCUT2D eigenvalue weighted by Crippen LogP contribution is -2.24. The number of carbonyl (C=O) groups is 1. The standard InChI is InChI=1S/C10H18N2O/c1-3-7-11-9-5-6-10(13)12-8-4-2/h3-4,11H,1-2,5-9H2,(H,12,13). The molecule has 74 valence electrons. The van der Waals surface area contributed by atoms with Crippen molar-refractivity contribution in [2.75, 3.05) is 19.6 Å².